The molecule has 0 radical (unpaired) electrons. The van der Waals surface area contributed by atoms with E-state index in [1.165, 1.54) is 7.11 Å². The molecule has 4 rings (SSSR count). The number of hydrogen-bond donors (Lipinski definition) is 1. The van der Waals surface area contributed by atoms with Gasteiger partial charge in [-0.3, -0.25) is 4.79 Å². The number of methoxy groups -OCH3 is 1. The summed E-state index contributed by atoms with van der Waals surface area (Å²) < 4.78 is 17.0. The van der Waals surface area contributed by atoms with Crippen LogP contribution in [0.2, 0.25) is 0 Å². The van der Waals surface area contributed by atoms with Gasteiger partial charge in [0.25, 0.3) is 5.91 Å². The number of carbonyl (C=O) groups excluding carboxylic acids is 2. The zero-order valence-corrected chi connectivity index (χ0v) is 20.4. The Hall–Kier alpha value is -3.68. The summed E-state index contributed by atoms with van der Waals surface area (Å²) in [5, 5.41) is 3.55. The van der Waals surface area contributed by atoms with E-state index in [9.17, 15) is 14.1 Å². The molecule has 7 heteroatoms. The molecule has 0 aliphatic heterocycles. The fourth-order valence-corrected chi connectivity index (χ4v) is 4.57. The number of para-hydroxylation sites is 1. The quantitative estimate of drug-likeness (QED) is 0.293. The minimum absolute atomic E-state index is 0.374. The zero-order chi connectivity index (χ0) is 24.8. The molecule has 0 saturated carbocycles. The molecule has 1 amide bonds. The SMILES string of the molecule is COC(=O)C(NC(=O)c1c(CC[S+](C)[O-])c(-c2ccccc2)nc2ccccc12)c1ccccc1. The number of pyridine rings is 1. The molecule has 2 unspecified atom stereocenters. The molecular formula is C28H26N2O4S. The lowest BCUT2D eigenvalue weighted by atomic mass is 9.94. The van der Waals surface area contributed by atoms with E-state index in [1.54, 1.807) is 30.5 Å². The molecule has 2 atom stereocenters. The van der Waals surface area contributed by atoms with Crippen LogP contribution in [0.4, 0.5) is 0 Å². The number of ether oxygens (including phenoxy) is 1. The first-order valence-electron chi connectivity index (χ1n) is 11.2. The lowest BCUT2D eigenvalue weighted by molar-refractivity contribution is -0.143. The number of rotatable bonds is 8. The highest BCUT2D eigenvalue weighted by Crippen LogP contribution is 2.31. The van der Waals surface area contributed by atoms with Crippen LogP contribution in [0.1, 0.15) is 27.5 Å². The fourth-order valence-electron chi connectivity index (χ4n) is 4.08. The minimum atomic E-state index is -1.07. The minimum Gasteiger partial charge on any atom is -0.617 e. The van der Waals surface area contributed by atoms with Crippen molar-refractivity contribution >= 4 is 34.0 Å². The highest BCUT2D eigenvalue weighted by atomic mass is 32.2. The molecule has 35 heavy (non-hydrogen) atoms. The van der Waals surface area contributed by atoms with Gasteiger partial charge in [-0.2, -0.15) is 0 Å². The van der Waals surface area contributed by atoms with E-state index in [1.807, 2.05) is 60.7 Å². The molecule has 3 aromatic carbocycles. The predicted molar refractivity (Wildman–Crippen MR) is 138 cm³/mol. The van der Waals surface area contributed by atoms with Crippen LogP contribution in [0, 0.1) is 0 Å². The number of nitrogens with zero attached hydrogens (tertiary/aromatic N) is 1. The summed E-state index contributed by atoms with van der Waals surface area (Å²) in [4.78, 5) is 31.4. The smallest absolute Gasteiger partial charge is 0.333 e. The van der Waals surface area contributed by atoms with Crippen molar-refractivity contribution in [3.05, 3.63) is 102 Å². The summed E-state index contributed by atoms with van der Waals surface area (Å²) in [7, 11) is 1.29. The Labute approximate surface area is 207 Å². The van der Waals surface area contributed by atoms with E-state index < -0.39 is 29.1 Å². The van der Waals surface area contributed by atoms with Crippen LogP contribution in [0.25, 0.3) is 22.2 Å². The number of esters is 1. The van der Waals surface area contributed by atoms with Gasteiger partial charge >= 0.3 is 5.97 Å². The molecule has 0 fully saturated rings. The Kier molecular flexibility index (Phi) is 7.80. The van der Waals surface area contributed by atoms with Gasteiger partial charge in [-0.05, 0) is 17.2 Å². The van der Waals surface area contributed by atoms with Crippen LogP contribution in [-0.2, 0) is 27.1 Å². The monoisotopic (exact) mass is 486 g/mol. The Balaban J connectivity index is 1.89. The van der Waals surface area contributed by atoms with E-state index in [0.717, 1.165) is 5.56 Å². The fraction of sp³-hybridized carbons (Fsp3) is 0.179. The van der Waals surface area contributed by atoms with Gasteiger partial charge in [0, 0.05) is 17.4 Å². The molecule has 178 valence electrons. The first kappa shape index (κ1) is 24.4. The van der Waals surface area contributed by atoms with E-state index in [2.05, 4.69) is 5.32 Å². The standard InChI is InChI=1S/C28H26N2O4S/c1-34-28(32)26(20-13-7-4-8-14-20)30-27(31)24-21-15-9-10-16-23(21)29-25(19-11-5-3-6-12-19)22(24)17-18-35(2)33/h3-16,26H,17-18H2,1-2H3,(H,30,31). The third-order valence-corrected chi connectivity index (χ3v) is 6.53. The van der Waals surface area contributed by atoms with Crippen LogP contribution in [-0.4, -0.2) is 40.5 Å². The van der Waals surface area contributed by atoms with Crippen LogP contribution in [0.5, 0.6) is 0 Å². The molecule has 0 bridgehead atoms. The van der Waals surface area contributed by atoms with E-state index in [4.69, 9.17) is 9.72 Å². The van der Waals surface area contributed by atoms with Crippen molar-refractivity contribution in [3.63, 3.8) is 0 Å². The number of carbonyl (C=O) groups is 2. The first-order valence-corrected chi connectivity index (χ1v) is 12.9. The number of aromatic nitrogens is 1. The third-order valence-electron chi connectivity index (χ3n) is 5.75. The average molecular weight is 487 g/mol. The maximum Gasteiger partial charge on any atom is 0.333 e. The second kappa shape index (κ2) is 11.2. The van der Waals surface area contributed by atoms with Crippen molar-refractivity contribution in [2.75, 3.05) is 19.1 Å². The Morgan fingerprint density at radius 1 is 0.971 bits per heavy atom. The van der Waals surface area contributed by atoms with Gasteiger partial charge in [0.2, 0.25) is 0 Å². The van der Waals surface area contributed by atoms with Gasteiger partial charge in [0.1, 0.15) is 5.75 Å². The second-order valence-corrected chi connectivity index (χ2v) is 9.62. The van der Waals surface area contributed by atoms with Crippen LogP contribution in [0.15, 0.2) is 84.9 Å². The maximum absolute atomic E-state index is 13.9. The third kappa shape index (κ3) is 5.53. The molecule has 1 N–H and O–H groups in total. The molecule has 6 nitrogen and oxygen atoms in total. The van der Waals surface area contributed by atoms with Crippen molar-refractivity contribution < 1.29 is 18.9 Å². The van der Waals surface area contributed by atoms with Crippen molar-refractivity contribution in [2.45, 2.75) is 12.5 Å². The van der Waals surface area contributed by atoms with Crippen molar-refractivity contribution in [1.82, 2.24) is 10.3 Å². The van der Waals surface area contributed by atoms with Crippen LogP contribution < -0.4 is 5.32 Å². The Bertz CT molecular complexity index is 1330. The molecule has 0 spiro atoms. The molecule has 1 aromatic heterocycles. The van der Waals surface area contributed by atoms with Gasteiger partial charge in [-0.1, -0.05) is 90.0 Å². The van der Waals surface area contributed by atoms with Gasteiger partial charge < -0.3 is 14.6 Å². The van der Waals surface area contributed by atoms with Gasteiger partial charge in [0.15, 0.2) is 6.04 Å². The van der Waals surface area contributed by atoms with Crippen molar-refractivity contribution in [2.24, 2.45) is 0 Å². The Morgan fingerprint density at radius 3 is 2.26 bits per heavy atom. The van der Waals surface area contributed by atoms with Crippen molar-refractivity contribution in [1.29, 1.82) is 0 Å². The summed E-state index contributed by atoms with van der Waals surface area (Å²) in [6.07, 6.45) is 2.03. The predicted octanol–water partition coefficient (Wildman–Crippen LogP) is 4.47. The molecule has 1 heterocycles. The summed E-state index contributed by atoms with van der Waals surface area (Å²) in [6, 6.07) is 25.0. The van der Waals surface area contributed by atoms with Crippen molar-refractivity contribution in [3.8, 4) is 11.3 Å². The van der Waals surface area contributed by atoms with Gasteiger partial charge in [0.05, 0.1) is 30.1 Å². The van der Waals surface area contributed by atoms with Crippen LogP contribution in [0.3, 0.4) is 0 Å². The summed E-state index contributed by atoms with van der Waals surface area (Å²) >= 11 is -1.07. The summed E-state index contributed by atoms with van der Waals surface area (Å²) in [5.74, 6) is -0.612. The number of fused-ring (bicyclic) bond motifs is 1. The van der Waals surface area contributed by atoms with E-state index >= 15 is 0 Å². The van der Waals surface area contributed by atoms with E-state index in [0.29, 0.717) is 45.5 Å². The van der Waals surface area contributed by atoms with Gasteiger partial charge in [-0.15, -0.1) is 0 Å². The molecule has 0 aliphatic carbocycles. The largest absolute Gasteiger partial charge is 0.617 e. The summed E-state index contributed by atoms with van der Waals surface area (Å²) in [6.45, 7) is 0. The highest BCUT2D eigenvalue weighted by Gasteiger charge is 2.28. The lowest BCUT2D eigenvalue weighted by Gasteiger charge is -2.21. The molecule has 0 saturated heterocycles. The Morgan fingerprint density at radius 2 is 1.60 bits per heavy atom. The topological polar surface area (TPSA) is 91.3 Å². The normalized spacial score (nSPS) is 12.7. The molecule has 4 aromatic rings. The first-order chi connectivity index (χ1) is 17.0. The number of nitrogens with one attached hydrogen (secondary N) is 1. The second-order valence-electron chi connectivity index (χ2n) is 8.06. The molecule has 0 aliphatic rings. The zero-order valence-electron chi connectivity index (χ0n) is 19.6. The summed E-state index contributed by atoms with van der Waals surface area (Å²) in [5.41, 5.74) is 3.91. The number of hydrogen-bond acceptors (Lipinski definition) is 5. The highest BCUT2D eigenvalue weighted by molar-refractivity contribution is 7.90. The maximum atomic E-state index is 13.9. The van der Waals surface area contributed by atoms with E-state index in [-0.39, 0.29) is 0 Å². The lowest BCUT2D eigenvalue weighted by Crippen LogP contribution is -2.35. The van der Waals surface area contributed by atoms with Gasteiger partial charge in [-0.25, -0.2) is 9.78 Å². The van der Waals surface area contributed by atoms with Crippen LogP contribution >= 0.6 is 0 Å². The average Bonchev–Trinajstić information content (AvgIpc) is 2.90. The number of benzene rings is 3. The molecular weight excluding hydrogens is 460 g/mol. The number of amides is 1.